The summed E-state index contributed by atoms with van der Waals surface area (Å²) in [6.45, 7) is -0.0441. The normalized spacial score (nSPS) is 17.7. The molecule has 1 atom stereocenters. The molecule has 0 saturated heterocycles. The Kier molecular flexibility index (Phi) is 5.23. The maximum atomic E-state index is 12.1. The molecule has 0 aliphatic heterocycles. The summed E-state index contributed by atoms with van der Waals surface area (Å²) in [4.78, 5) is 35.5. The number of ether oxygens (including phenoxy) is 1. The monoisotopic (exact) mass is 368 g/mol. The van der Waals surface area contributed by atoms with Crippen molar-refractivity contribution in [3.8, 4) is 0 Å². The average Bonchev–Trinajstić information content (AvgIpc) is 3.03. The van der Waals surface area contributed by atoms with Crippen LogP contribution in [0.5, 0.6) is 0 Å². The lowest BCUT2D eigenvalue weighted by atomic mass is 9.96. The highest BCUT2D eigenvalue weighted by molar-refractivity contribution is 6.39. The van der Waals surface area contributed by atoms with Crippen LogP contribution in [0, 0.1) is 0 Å². The van der Waals surface area contributed by atoms with E-state index in [2.05, 4.69) is 15.4 Å². The summed E-state index contributed by atoms with van der Waals surface area (Å²) < 4.78 is 4.60. The first kappa shape index (κ1) is 18.6. The molecule has 0 radical (unpaired) electrons. The van der Waals surface area contributed by atoms with Crippen LogP contribution >= 0.6 is 0 Å². The van der Waals surface area contributed by atoms with Gasteiger partial charge in [0, 0.05) is 5.69 Å². The highest BCUT2D eigenvalue weighted by Gasteiger charge is 2.37. The van der Waals surface area contributed by atoms with Crippen LogP contribution < -0.4 is 10.6 Å². The fourth-order valence-corrected chi connectivity index (χ4v) is 3.15. The minimum Gasteiger partial charge on any atom is -0.465 e. The molecule has 1 aliphatic rings. The van der Waals surface area contributed by atoms with Gasteiger partial charge in [0.15, 0.2) is 0 Å². The van der Waals surface area contributed by atoms with Gasteiger partial charge in [-0.05, 0) is 48.2 Å². The molecule has 2 amide bonds. The van der Waals surface area contributed by atoms with E-state index in [0.717, 1.165) is 17.5 Å². The summed E-state index contributed by atoms with van der Waals surface area (Å²) in [5.41, 5.74) is 1.36. The van der Waals surface area contributed by atoms with E-state index < -0.39 is 23.4 Å². The van der Waals surface area contributed by atoms with E-state index in [1.165, 1.54) is 31.4 Å². The van der Waals surface area contributed by atoms with Gasteiger partial charge < -0.3 is 20.5 Å². The molecule has 0 saturated carbocycles. The number of aliphatic hydroxyl groups is 1. The summed E-state index contributed by atoms with van der Waals surface area (Å²) >= 11 is 0. The van der Waals surface area contributed by atoms with Crippen molar-refractivity contribution >= 4 is 23.5 Å². The smallest absolute Gasteiger partial charge is 0.337 e. The quantitative estimate of drug-likeness (QED) is 0.558. The molecular weight excluding hydrogens is 348 g/mol. The molecule has 3 rings (SSSR count). The predicted octanol–water partition coefficient (Wildman–Crippen LogP) is 1.36. The van der Waals surface area contributed by atoms with Crippen molar-refractivity contribution in [1.82, 2.24) is 5.32 Å². The van der Waals surface area contributed by atoms with Crippen molar-refractivity contribution in [3.63, 3.8) is 0 Å². The zero-order valence-electron chi connectivity index (χ0n) is 14.8. The number of esters is 1. The second-order valence-electron chi connectivity index (χ2n) is 6.39. The van der Waals surface area contributed by atoms with Crippen LogP contribution in [0.1, 0.15) is 27.9 Å². The van der Waals surface area contributed by atoms with Gasteiger partial charge in [0.25, 0.3) is 0 Å². The van der Waals surface area contributed by atoms with Crippen molar-refractivity contribution < 1.29 is 24.2 Å². The fraction of sp³-hybridized carbons (Fsp3) is 0.250. The van der Waals surface area contributed by atoms with E-state index in [0.29, 0.717) is 17.7 Å². The van der Waals surface area contributed by atoms with Gasteiger partial charge in [0.05, 0.1) is 19.2 Å². The summed E-state index contributed by atoms with van der Waals surface area (Å²) in [5.74, 6) is -2.18. The van der Waals surface area contributed by atoms with Crippen LogP contribution in [0.15, 0.2) is 48.5 Å². The number of hydrogen-bond donors (Lipinski definition) is 3. The van der Waals surface area contributed by atoms with Gasteiger partial charge in [-0.1, -0.05) is 24.3 Å². The molecule has 0 unspecified atom stereocenters. The zero-order chi connectivity index (χ0) is 19.4. The Bertz CT molecular complexity index is 878. The lowest BCUT2D eigenvalue weighted by Crippen LogP contribution is -2.43. The number of carbonyl (C=O) groups excluding carboxylic acids is 3. The number of nitrogens with one attached hydrogen (secondary N) is 2. The summed E-state index contributed by atoms with van der Waals surface area (Å²) in [6.07, 6.45) is 1.21. The molecule has 2 aromatic carbocycles. The third kappa shape index (κ3) is 3.98. The highest BCUT2D eigenvalue weighted by atomic mass is 16.5. The highest BCUT2D eigenvalue weighted by Crippen LogP contribution is 2.36. The first-order chi connectivity index (χ1) is 12.9. The third-order valence-corrected chi connectivity index (χ3v) is 4.64. The van der Waals surface area contributed by atoms with E-state index in [9.17, 15) is 19.5 Å². The average molecular weight is 368 g/mol. The van der Waals surface area contributed by atoms with Crippen LogP contribution in [0.25, 0.3) is 0 Å². The standard InChI is InChI=1S/C20H20N2O5/c1-27-19(25)14-6-8-15(9-7-14)22-18(24)17(23)21-12-20(26)11-10-13-4-2-3-5-16(13)20/h2-9,26H,10-12H2,1H3,(H,21,23)(H,22,24)/t20-/m1/s1. The molecule has 7 heteroatoms. The number of hydrogen-bond acceptors (Lipinski definition) is 5. The van der Waals surface area contributed by atoms with E-state index in [4.69, 9.17) is 0 Å². The Morgan fingerprint density at radius 3 is 2.48 bits per heavy atom. The molecular formula is C20H20N2O5. The first-order valence-corrected chi connectivity index (χ1v) is 8.51. The Morgan fingerprint density at radius 2 is 1.78 bits per heavy atom. The Morgan fingerprint density at radius 1 is 1.07 bits per heavy atom. The van der Waals surface area contributed by atoms with Gasteiger partial charge >= 0.3 is 17.8 Å². The van der Waals surface area contributed by atoms with Gasteiger partial charge in [-0.25, -0.2) is 4.79 Å². The zero-order valence-corrected chi connectivity index (χ0v) is 14.8. The van der Waals surface area contributed by atoms with Gasteiger partial charge in [-0.3, -0.25) is 9.59 Å². The van der Waals surface area contributed by atoms with Crippen molar-refractivity contribution in [1.29, 1.82) is 0 Å². The molecule has 2 aromatic rings. The minimum atomic E-state index is -1.17. The van der Waals surface area contributed by atoms with Gasteiger partial charge in [-0.2, -0.15) is 0 Å². The lowest BCUT2D eigenvalue weighted by molar-refractivity contribution is -0.136. The molecule has 0 bridgehead atoms. The lowest BCUT2D eigenvalue weighted by Gasteiger charge is -2.24. The molecule has 0 spiro atoms. The number of carbonyl (C=O) groups is 3. The van der Waals surface area contributed by atoms with Crippen molar-refractivity contribution in [2.24, 2.45) is 0 Å². The van der Waals surface area contributed by atoms with E-state index >= 15 is 0 Å². The van der Waals surface area contributed by atoms with E-state index in [1.807, 2.05) is 24.3 Å². The summed E-state index contributed by atoms with van der Waals surface area (Å²) in [6, 6.07) is 13.5. The second kappa shape index (κ2) is 7.59. The Labute approximate surface area is 156 Å². The second-order valence-corrected chi connectivity index (χ2v) is 6.39. The van der Waals surface area contributed by atoms with Gasteiger partial charge in [-0.15, -0.1) is 0 Å². The first-order valence-electron chi connectivity index (χ1n) is 8.51. The van der Waals surface area contributed by atoms with Crippen LogP contribution in [-0.4, -0.2) is 36.5 Å². The summed E-state index contributed by atoms with van der Waals surface area (Å²) in [7, 11) is 1.28. The fourth-order valence-electron chi connectivity index (χ4n) is 3.15. The molecule has 0 fully saturated rings. The number of rotatable bonds is 4. The number of aryl methyl sites for hydroxylation is 1. The Balaban J connectivity index is 1.57. The molecule has 140 valence electrons. The molecule has 27 heavy (non-hydrogen) atoms. The largest absolute Gasteiger partial charge is 0.465 e. The third-order valence-electron chi connectivity index (χ3n) is 4.64. The molecule has 0 heterocycles. The van der Waals surface area contributed by atoms with Crippen molar-refractivity contribution in [2.45, 2.75) is 18.4 Å². The van der Waals surface area contributed by atoms with Gasteiger partial charge in [0.2, 0.25) is 0 Å². The number of benzene rings is 2. The maximum Gasteiger partial charge on any atom is 0.337 e. The maximum absolute atomic E-state index is 12.1. The number of methoxy groups -OCH3 is 1. The summed E-state index contributed by atoms with van der Waals surface area (Å²) in [5, 5.41) is 15.7. The van der Waals surface area contributed by atoms with Crippen molar-refractivity contribution in [3.05, 3.63) is 65.2 Å². The Hall–Kier alpha value is -3.19. The predicted molar refractivity (Wildman–Crippen MR) is 98.1 cm³/mol. The van der Waals surface area contributed by atoms with Gasteiger partial charge in [0.1, 0.15) is 5.60 Å². The molecule has 3 N–H and O–H groups in total. The van der Waals surface area contributed by atoms with E-state index in [-0.39, 0.29) is 6.54 Å². The minimum absolute atomic E-state index is 0.0441. The topological polar surface area (TPSA) is 105 Å². The molecule has 1 aliphatic carbocycles. The number of fused-ring (bicyclic) bond motifs is 1. The van der Waals surface area contributed by atoms with E-state index in [1.54, 1.807) is 0 Å². The van der Waals surface area contributed by atoms with Crippen LogP contribution in [0.2, 0.25) is 0 Å². The number of anilines is 1. The van der Waals surface area contributed by atoms with Crippen molar-refractivity contribution in [2.75, 3.05) is 19.0 Å². The SMILES string of the molecule is COC(=O)c1ccc(NC(=O)C(=O)NC[C@]2(O)CCc3ccccc32)cc1. The number of amides is 2. The van der Waals surface area contributed by atoms with Crippen LogP contribution in [0.3, 0.4) is 0 Å². The van der Waals surface area contributed by atoms with Crippen LogP contribution in [0.4, 0.5) is 5.69 Å². The molecule has 7 nitrogen and oxygen atoms in total. The molecule has 0 aromatic heterocycles. The van der Waals surface area contributed by atoms with Crippen LogP contribution in [-0.2, 0) is 26.3 Å².